The van der Waals surface area contributed by atoms with E-state index in [9.17, 15) is 24.0 Å². The van der Waals surface area contributed by atoms with Gasteiger partial charge in [0, 0.05) is 42.9 Å². The second kappa shape index (κ2) is 11.2. The van der Waals surface area contributed by atoms with Gasteiger partial charge in [-0.05, 0) is 18.8 Å². The Labute approximate surface area is 179 Å². The highest BCUT2D eigenvalue weighted by atomic mass is 16.2. The van der Waals surface area contributed by atoms with E-state index in [1.54, 1.807) is 6.92 Å². The molecule has 0 saturated heterocycles. The van der Waals surface area contributed by atoms with Crippen LogP contribution in [0.1, 0.15) is 73.6 Å². The number of imide groups is 1. The van der Waals surface area contributed by atoms with E-state index in [0.29, 0.717) is 25.8 Å². The van der Waals surface area contributed by atoms with Gasteiger partial charge < -0.3 is 5.32 Å². The van der Waals surface area contributed by atoms with Crippen LogP contribution in [0.25, 0.3) is 0 Å². The average molecular weight is 421 g/mol. The second-order valence-corrected chi connectivity index (χ2v) is 9.45. The molecule has 0 bridgehead atoms. The summed E-state index contributed by atoms with van der Waals surface area (Å²) in [5.41, 5.74) is -0.503. The zero-order chi connectivity index (χ0) is 23.1. The van der Waals surface area contributed by atoms with Crippen molar-refractivity contribution in [2.24, 2.45) is 17.3 Å². The fraction of sp³-hybridized carbons (Fsp3) is 0.696. The molecule has 0 aliphatic carbocycles. The van der Waals surface area contributed by atoms with Crippen LogP contribution in [-0.2, 0) is 24.0 Å². The maximum atomic E-state index is 12.7. The molecular weight excluding hydrogens is 384 g/mol. The third-order valence-corrected chi connectivity index (χ3v) is 5.21. The van der Waals surface area contributed by atoms with Gasteiger partial charge in [-0.25, -0.2) is 0 Å². The van der Waals surface area contributed by atoms with E-state index >= 15 is 0 Å². The molecule has 1 rings (SSSR count). The summed E-state index contributed by atoms with van der Waals surface area (Å²) in [5.74, 6) is -1.34. The Bertz CT molecular complexity index is 685. The smallest absolute Gasteiger partial charge is 0.253 e. The molecule has 168 valence electrons. The van der Waals surface area contributed by atoms with Gasteiger partial charge in [-0.2, -0.15) is 0 Å². The molecule has 0 aromatic carbocycles. The first-order chi connectivity index (χ1) is 13.8. The predicted octanol–water partition coefficient (Wildman–Crippen LogP) is 2.82. The predicted molar refractivity (Wildman–Crippen MR) is 114 cm³/mol. The first-order valence-corrected chi connectivity index (χ1v) is 10.7. The number of nitrogens with zero attached hydrogens (tertiary/aromatic N) is 1. The van der Waals surface area contributed by atoms with Gasteiger partial charge in [0.1, 0.15) is 5.78 Å². The van der Waals surface area contributed by atoms with E-state index in [1.807, 2.05) is 34.6 Å². The zero-order valence-corrected chi connectivity index (χ0v) is 19.1. The second-order valence-electron chi connectivity index (χ2n) is 9.45. The molecule has 7 heteroatoms. The Kier molecular flexibility index (Phi) is 9.59. The lowest BCUT2D eigenvalue weighted by atomic mass is 9.80. The molecule has 0 radical (unpaired) electrons. The zero-order valence-electron chi connectivity index (χ0n) is 19.1. The number of unbranched alkanes of at least 4 members (excludes halogenated alkanes) is 2. The monoisotopic (exact) mass is 420 g/mol. The lowest BCUT2D eigenvalue weighted by Crippen LogP contribution is -2.45. The summed E-state index contributed by atoms with van der Waals surface area (Å²) in [5, 5.41) is 2.82. The van der Waals surface area contributed by atoms with Crippen molar-refractivity contribution < 1.29 is 24.0 Å². The van der Waals surface area contributed by atoms with Crippen LogP contribution in [0.2, 0.25) is 0 Å². The third-order valence-electron chi connectivity index (χ3n) is 5.21. The first kappa shape index (κ1) is 25.7. The molecule has 30 heavy (non-hydrogen) atoms. The van der Waals surface area contributed by atoms with Gasteiger partial charge in [0.05, 0.1) is 6.04 Å². The molecule has 0 saturated carbocycles. The van der Waals surface area contributed by atoms with Crippen molar-refractivity contribution in [1.82, 2.24) is 10.2 Å². The number of Topliss-reactive ketones (excluding diaryl/α,β-unsaturated/α-hetero) is 2. The Hall–Kier alpha value is -2.31. The van der Waals surface area contributed by atoms with E-state index < -0.39 is 11.5 Å². The molecule has 1 aliphatic rings. The van der Waals surface area contributed by atoms with Gasteiger partial charge in [-0.15, -0.1) is 0 Å². The van der Waals surface area contributed by atoms with Gasteiger partial charge in [-0.3, -0.25) is 28.9 Å². The number of rotatable bonds is 12. The van der Waals surface area contributed by atoms with Crippen LogP contribution in [0, 0.1) is 17.3 Å². The first-order valence-electron chi connectivity index (χ1n) is 10.7. The molecule has 1 heterocycles. The summed E-state index contributed by atoms with van der Waals surface area (Å²) in [6, 6.07) is -0.612. The van der Waals surface area contributed by atoms with Crippen molar-refractivity contribution >= 4 is 29.3 Å². The highest BCUT2D eigenvalue weighted by Gasteiger charge is 2.31. The fourth-order valence-electron chi connectivity index (χ4n) is 3.51. The van der Waals surface area contributed by atoms with E-state index in [0.717, 1.165) is 0 Å². The van der Waals surface area contributed by atoms with Crippen LogP contribution in [0.5, 0.6) is 0 Å². The number of amides is 3. The number of hydrogen-bond acceptors (Lipinski definition) is 5. The lowest BCUT2D eigenvalue weighted by molar-refractivity contribution is -0.137. The van der Waals surface area contributed by atoms with Gasteiger partial charge in [-0.1, -0.05) is 48.0 Å². The van der Waals surface area contributed by atoms with Gasteiger partial charge in [0.25, 0.3) is 11.8 Å². The van der Waals surface area contributed by atoms with E-state index in [2.05, 4.69) is 5.32 Å². The number of carbonyl (C=O) groups is 5. The quantitative estimate of drug-likeness (QED) is 0.386. The Morgan fingerprint density at radius 1 is 0.967 bits per heavy atom. The number of carbonyl (C=O) groups excluding carboxylic acids is 5. The highest BCUT2D eigenvalue weighted by Crippen LogP contribution is 2.23. The van der Waals surface area contributed by atoms with Crippen molar-refractivity contribution in [2.75, 3.05) is 6.54 Å². The van der Waals surface area contributed by atoms with E-state index in [-0.39, 0.29) is 54.0 Å². The van der Waals surface area contributed by atoms with Crippen LogP contribution in [0.15, 0.2) is 12.2 Å². The Morgan fingerprint density at radius 2 is 1.53 bits per heavy atom. The minimum Gasteiger partial charge on any atom is -0.346 e. The van der Waals surface area contributed by atoms with Crippen LogP contribution in [0.3, 0.4) is 0 Å². The standard InChI is InChI=1S/C23H36N2O5/c1-15(2)21(17(26)14-16(3)22(30)23(4,5)6)24-18(27)10-8-7-9-13-25-19(28)11-12-20(25)29/h11-12,15-16,21H,7-10,13-14H2,1-6H3,(H,24,27)/t16-,21+/m1/s1. The van der Waals surface area contributed by atoms with E-state index in [4.69, 9.17) is 0 Å². The SMILES string of the molecule is CC(C)[C@H](NC(=O)CCCCCN1C(=O)C=CC1=O)C(=O)C[C@@H](C)C(=O)C(C)(C)C. The van der Waals surface area contributed by atoms with Crippen LogP contribution < -0.4 is 5.32 Å². The van der Waals surface area contributed by atoms with Crippen LogP contribution in [-0.4, -0.2) is 46.8 Å². The maximum Gasteiger partial charge on any atom is 0.253 e. The van der Waals surface area contributed by atoms with Crippen LogP contribution >= 0.6 is 0 Å². The Balaban J connectivity index is 2.42. The summed E-state index contributed by atoms with van der Waals surface area (Å²) in [6.45, 7) is 11.4. The van der Waals surface area contributed by atoms with Crippen LogP contribution in [0.4, 0.5) is 0 Å². The molecule has 1 N–H and O–H groups in total. The molecule has 0 spiro atoms. The number of ketones is 2. The minimum atomic E-state index is -0.612. The maximum absolute atomic E-state index is 12.7. The largest absolute Gasteiger partial charge is 0.346 e. The average Bonchev–Trinajstić information content (AvgIpc) is 2.95. The number of hydrogen-bond donors (Lipinski definition) is 1. The number of nitrogens with one attached hydrogen (secondary N) is 1. The van der Waals surface area contributed by atoms with Gasteiger partial charge in [0.15, 0.2) is 5.78 Å². The molecule has 0 fully saturated rings. The normalized spacial score (nSPS) is 16.2. The van der Waals surface area contributed by atoms with Crippen molar-refractivity contribution in [3.8, 4) is 0 Å². The lowest BCUT2D eigenvalue weighted by Gasteiger charge is -2.25. The molecule has 0 unspecified atom stereocenters. The molecule has 7 nitrogen and oxygen atoms in total. The molecule has 0 aromatic rings. The molecule has 3 amide bonds. The summed E-state index contributed by atoms with van der Waals surface area (Å²) in [7, 11) is 0. The van der Waals surface area contributed by atoms with Gasteiger partial charge >= 0.3 is 0 Å². The summed E-state index contributed by atoms with van der Waals surface area (Å²) >= 11 is 0. The summed E-state index contributed by atoms with van der Waals surface area (Å²) in [4.78, 5) is 61.5. The van der Waals surface area contributed by atoms with Crippen molar-refractivity contribution in [3.05, 3.63) is 12.2 Å². The minimum absolute atomic E-state index is 0.0369. The molecular formula is C23H36N2O5. The molecule has 0 aromatic heterocycles. The molecule has 1 aliphatic heterocycles. The van der Waals surface area contributed by atoms with Gasteiger partial charge in [0.2, 0.25) is 5.91 Å². The Morgan fingerprint density at radius 3 is 2.03 bits per heavy atom. The highest BCUT2D eigenvalue weighted by molar-refractivity contribution is 6.12. The third kappa shape index (κ3) is 7.84. The van der Waals surface area contributed by atoms with Crippen molar-refractivity contribution in [1.29, 1.82) is 0 Å². The molecule has 2 atom stereocenters. The summed E-state index contributed by atoms with van der Waals surface area (Å²) in [6.07, 6.45) is 4.84. The van der Waals surface area contributed by atoms with Crippen molar-refractivity contribution in [2.45, 2.75) is 79.7 Å². The summed E-state index contributed by atoms with van der Waals surface area (Å²) < 4.78 is 0. The van der Waals surface area contributed by atoms with E-state index in [1.165, 1.54) is 17.1 Å². The van der Waals surface area contributed by atoms with Crippen molar-refractivity contribution in [3.63, 3.8) is 0 Å². The topological polar surface area (TPSA) is 101 Å². The fourth-order valence-corrected chi connectivity index (χ4v) is 3.51.